The Balaban J connectivity index is 2.38. The summed E-state index contributed by atoms with van der Waals surface area (Å²) in [6, 6.07) is -1.09. The van der Waals surface area contributed by atoms with Gasteiger partial charge in [-0.2, -0.15) is 5.10 Å². The second kappa shape index (κ2) is 3.25. The topological polar surface area (TPSA) is 92.0 Å². The molecule has 1 fully saturated rings. The molecule has 0 bridgehead atoms. The molecule has 1 atom stereocenters. The van der Waals surface area contributed by atoms with E-state index in [4.69, 9.17) is 22.4 Å². The number of aromatic nitrogens is 2. The molecular weight excluding hydrogens is 206 g/mol. The zero-order valence-electron chi connectivity index (χ0n) is 7.33. The molecule has 1 aromatic rings. The molecule has 0 radical (unpaired) electrons. The summed E-state index contributed by atoms with van der Waals surface area (Å²) in [5, 5.41) is 15.5. The number of aliphatic carboxylic acids is 1. The zero-order chi connectivity index (χ0) is 10.3. The van der Waals surface area contributed by atoms with Gasteiger partial charge in [-0.25, -0.2) is 0 Å². The fraction of sp³-hybridized carbons (Fsp3) is 0.500. The van der Waals surface area contributed by atoms with Crippen LogP contribution in [0.15, 0.2) is 0 Å². The van der Waals surface area contributed by atoms with Crippen molar-refractivity contribution in [1.82, 2.24) is 10.2 Å². The van der Waals surface area contributed by atoms with Crippen molar-refractivity contribution in [1.29, 1.82) is 0 Å². The predicted molar refractivity (Wildman–Crippen MR) is 50.1 cm³/mol. The van der Waals surface area contributed by atoms with Gasteiger partial charge in [0.05, 0.1) is 0 Å². The summed E-state index contributed by atoms with van der Waals surface area (Å²) in [4.78, 5) is 10.7. The number of carboxylic acids is 1. The molecule has 1 saturated carbocycles. The summed E-state index contributed by atoms with van der Waals surface area (Å²) >= 11 is 5.77. The Bertz CT molecular complexity index is 373. The van der Waals surface area contributed by atoms with Crippen molar-refractivity contribution in [3.05, 3.63) is 16.4 Å². The van der Waals surface area contributed by atoms with Crippen molar-refractivity contribution >= 4 is 17.6 Å². The van der Waals surface area contributed by atoms with Crippen LogP contribution in [-0.4, -0.2) is 21.3 Å². The van der Waals surface area contributed by atoms with E-state index < -0.39 is 12.0 Å². The van der Waals surface area contributed by atoms with Crippen LogP contribution < -0.4 is 5.73 Å². The first kappa shape index (κ1) is 9.48. The van der Waals surface area contributed by atoms with Crippen LogP contribution in [0.3, 0.4) is 0 Å². The molecule has 6 heteroatoms. The van der Waals surface area contributed by atoms with Crippen LogP contribution in [0.25, 0.3) is 0 Å². The summed E-state index contributed by atoms with van der Waals surface area (Å²) in [6.45, 7) is 0. The highest BCUT2D eigenvalue weighted by atomic mass is 35.5. The van der Waals surface area contributed by atoms with Crippen LogP contribution in [0.1, 0.15) is 36.1 Å². The number of nitrogens with zero attached hydrogens (tertiary/aromatic N) is 1. The van der Waals surface area contributed by atoms with E-state index in [1.165, 1.54) is 0 Å². The highest BCUT2D eigenvalue weighted by molar-refractivity contribution is 6.30. The Kier molecular flexibility index (Phi) is 2.20. The molecule has 1 aromatic heterocycles. The number of halogens is 1. The van der Waals surface area contributed by atoms with Crippen molar-refractivity contribution < 1.29 is 9.90 Å². The highest BCUT2D eigenvalue weighted by Gasteiger charge is 2.33. The molecular formula is C8H10ClN3O2. The van der Waals surface area contributed by atoms with Crippen LogP contribution in [0.2, 0.25) is 5.15 Å². The maximum Gasteiger partial charge on any atom is 0.325 e. The minimum Gasteiger partial charge on any atom is -0.480 e. The lowest BCUT2D eigenvalue weighted by Gasteiger charge is -2.06. The first-order valence-corrected chi connectivity index (χ1v) is 4.71. The van der Waals surface area contributed by atoms with E-state index in [0.29, 0.717) is 11.5 Å². The van der Waals surface area contributed by atoms with Gasteiger partial charge in [0.25, 0.3) is 0 Å². The number of hydrogen-bond acceptors (Lipinski definition) is 3. The number of aromatic amines is 1. The fourth-order valence-electron chi connectivity index (χ4n) is 1.44. The molecule has 0 amide bonds. The van der Waals surface area contributed by atoms with Crippen LogP contribution in [0, 0.1) is 0 Å². The van der Waals surface area contributed by atoms with Crippen molar-refractivity contribution in [2.45, 2.75) is 24.8 Å². The van der Waals surface area contributed by atoms with E-state index in [1.807, 2.05) is 0 Å². The van der Waals surface area contributed by atoms with E-state index in [0.717, 1.165) is 18.5 Å². The molecule has 0 aromatic carbocycles. The monoisotopic (exact) mass is 215 g/mol. The van der Waals surface area contributed by atoms with Crippen molar-refractivity contribution in [3.63, 3.8) is 0 Å². The third-order valence-corrected chi connectivity index (χ3v) is 2.64. The molecule has 4 N–H and O–H groups in total. The molecule has 14 heavy (non-hydrogen) atoms. The summed E-state index contributed by atoms with van der Waals surface area (Å²) in [5.74, 6) is -0.731. The third kappa shape index (κ3) is 1.49. The molecule has 0 saturated heterocycles. The average molecular weight is 216 g/mol. The number of nitrogens with two attached hydrogens (primary N) is 1. The van der Waals surface area contributed by atoms with Gasteiger partial charge in [-0.05, 0) is 12.8 Å². The number of carbonyl (C=O) groups is 1. The molecule has 1 aliphatic carbocycles. The van der Waals surface area contributed by atoms with Crippen LogP contribution in [0.4, 0.5) is 0 Å². The normalized spacial score (nSPS) is 18.1. The maximum absolute atomic E-state index is 10.7. The Morgan fingerprint density at radius 2 is 2.36 bits per heavy atom. The smallest absolute Gasteiger partial charge is 0.325 e. The van der Waals surface area contributed by atoms with E-state index >= 15 is 0 Å². The van der Waals surface area contributed by atoms with Gasteiger partial charge >= 0.3 is 5.97 Å². The summed E-state index contributed by atoms with van der Waals surface area (Å²) < 4.78 is 0. The van der Waals surface area contributed by atoms with E-state index in [9.17, 15) is 4.79 Å². The highest BCUT2D eigenvalue weighted by Crippen LogP contribution is 2.43. The third-order valence-electron chi connectivity index (χ3n) is 2.35. The maximum atomic E-state index is 10.7. The average Bonchev–Trinajstić information content (AvgIpc) is 2.89. The minimum absolute atomic E-state index is 0.168. The van der Waals surface area contributed by atoms with Gasteiger partial charge in [0.15, 0.2) is 5.15 Å². The van der Waals surface area contributed by atoms with Gasteiger partial charge < -0.3 is 10.8 Å². The fourth-order valence-corrected chi connectivity index (χ4v) is 1.71. The number of nitrogens with one attached hydrogen (secondary N) is 1. The lowest BCUT2D eigenvalue weighted by atomic mass is 10.1. The van der Waals surface area contributed by atoms with Gasteiger partial charge in [0.1, 0.15) is 6.04 Å². The molecule has 1 heterocycles. The number of hydrogen-bond donors (Lipinski definition) is 3. The molecule has 5 nitrogen and oxygen atoms in total. The standard InChI is InChI=1S/C8H10ClN3O2/c9-7-4(5(10)8(13)14)6(11-12-7)3-1-2-3/h3,5H,1-2,10H2,(H,11,12)(H,13,14). The minimum atomic E-state index is -1.09. The SMILES string of the molecule is NC(C(=O)O)c1c(Cl)n[nH]c1C1CC1. The zero-order valence-corrected chi connectivity index (χ0v) is 8.08. The number of H-pyrrole nitrogens is 1. The van der Waals surface area contributed by atoms with Gasteiger partial charge in [-0.3, -0.25) is 9.89 Å². The first-order chi connectivity index (χ1) is 6.61. The number of carboxylic acid groups (broad SMARTS) is 1. The predicted octanol–water partition coefficient (Wildman–Crippen LogP) is 1.02. The van der Waals surface area contributed by atoms with Crippen molar-refractivity contribution in [2.24, 2.45) is 5.73 Å². The molecule has 1 aliphatic rings. The largest absolute Gasteiger partial charge is 0.480 e. The second-order valence-electron chi connectivity index (χ2n) is 3.43. The van der Waals surface area contributed by atoms with Crippen LogP contribution in [0.5, 0.6) is 0 Å². The Morgan fingerprint density at radius 3 is 2.86 bits per heavy atom. The van der Waals surface area contributed by atoms with E-state index in [2.05, 4.69) is 10.2 Å². The molecule has 0 spiro atoms. The Labute approximate surface area is 85.2 Å². The van der Waals surface area contributed by atoms with Gasteiger partial charge in [0.2, 0.25) is 0 Å². The summed E-state index contributed by atoms with van der Waals surface area (Å²) in [5.41, 5.74) is 6.72. The van der Waals surface area contributed by atoms with Crippen molar-refractivity contribution in [3.8, 4) is 0 Å². The van der Waals surface area contributed by atoms with Gasteiger partial charge in [-0.1, -0.05) is 11.6 Å². The van der Waals surface area contributed by atoms with Gasteiger partial charge in [-0.15, -0.1) is 0 Å². The Hall–Kier alpha value is -1.07. The lowest BCUT2D eigenvalue weighted by molar-refractivity contribution is -0.138. The quantitative estimate of drug-likeness (QED) is 0.702. The van der Waals surface area contributed by atoms with Crippen LogP contribution >= 0.6 is 11.6 Å². The van der Waals surface area contributed by atoms with Crippen LogP contribution in [-0.2, 0) is 4.79 Å². The van der Waals surface area contributed by atoms with Gasteiger partial charge in [0, 0.05) is 17.2 Å². The number of rotatable bonds is 3. The summed E-state index contributed by atoms with van der Waals surface area (Å²) in [6.07, 6.45) is 2.08. The van der Waals surface area contributed by atoms with E-state index in [-0.39, 0.29) is 5.15 Å². The first-order valence-electron chi connectivity index (χ1n) is 4.33. The molecule has 1 unspecified atom stereocenters. The van der Waals surface area contributed by atoms with Crippen molar-refractivity contribution in [2.75, 3.05) is 0 Å². The molecule has 2 rings (SSSR count). The molecule has 0 aliphatic heterocycles. The Morgan fingerprint density at radius 1 is 1.71 bits per heavy atom. The molecule has 76 valence electrons. The lowest BCUT2D eigenvalue weighted by Crippen LogP contribution is -2.21. The van der Waals surface area contributed by atoms with E-state index in [1.54, 1.807) is 0 Å². The second-order valence-corrected chi connectivity index (χ2v) is 3.79. The summed E-state index contributed by atoms with van der Waals surface area (Å²) in [7, 11) is 0.